The summed E-state index contributed by atoms with van der Waals surface area (Å²) < 4.78 is 28.5. The molecule has 0 radical (unpaired) electrons. The number of nitrogens with zero attached hydrogens (tertiary/aromatic N) is 1. The molecule has 6 heteroatoms. The molecule has 2 aliphatic rings. The molecule has 2 atom stereocenters. The quantitative estimate of drug-likeness (QED) is 0.767. The van der Waals surface area contributed by atoms with Crippen molar-refractivity contribution in [2.24, 2.45) is 11.3 Å². The van der Waals surface area contributed by atoms with Crippen molar-refractivity contribution in [2.45, 2.75) is 39.2 Å². The highest BCUT2D eigenvalue weighted by atomic mass is 32.2. The average molecular weight is 262 g/mol. The van der Waals surface area contributed by atoms with Crippen LogP contribution < -0.4 is 4.72 Å². The molecule has 2 N–H and O–H groups in total. The Labute approximate surface area is 103 Å². The first-order valence-corrected chi connectivity index (χ1v) is 7.67. The van der Waals surface area contributed by atoms with Crippen molar-refractivity contribution >= 4 is 10.2 Å². The fourth-order valence-electron chi connectivity index (χ4n) is 2.32. The van der Waals surface area contributed by atoms with E-state index >= 15 is 0 Å². The van der Waals surface area contributed by atoms with E-state index < -0.39 is 10.2 Å². The monoisotopic (exact) mass is 262 g/mol. The van der Waals surface area contributed by atoms with Gasteiger partial charge in [0.25, 0.3) is 10.2 Å². The third kappa shape index (κ3) is 2.99. The second-order valence-electron chi connectivity index (χ2n) is 5.92. The van der Waals surface area contributed by atoms with E-state index in [-0.39, 0.29) is 24.0 Å². The molecule has 2 unspecified atom stereocenters. The van der Waals surface area contributed by atoms with E-state index in [4.69, 9.17) is 5.11 Å². The van der Waals surface area contributed by atoms with Crippen LogP contribution in [0.25, 0.3) is 0 Å². The molecular formula is C11H22N2O3S. The van der Waals surface area contributed by atoms with Crippen LogP contribution in [0.4, 0.5) is 0 Å². The van der Waals surface area contributed by atoms with Gasteiger partial charge in [-0.25, -0.2) is 0 Å². The van der Waals surface area contributed by atoms with Crippen LogP contribution in [-0.4, -0.2) is 43.6 Å². The summed E-state index contributed by atoms with van der Waals surface area (Å²) in [6, 6.07) is 0.0713. The van der Waals surface area contributed by atoms with E-state index in [0.29, 0.717) is 13.1 Å². The number of nitrogens with one attached hydrogen (secondary N) is 1. The minimum atomic E-state index is -3.36. The zero-order valence-electron chi connectivity index (χ0n) is 10.5. The molecule has 1 aliphatic heterocycles. The lowest BCUT2D eigenvalue weighted by molar-refractivity contribution is 0.164. The molecule has 1 saturated carbocycles. The summed E-state index contributed by atoms with van der Waals surface area (Å²) in [6.07, 6.45) is 2.65. The summed E-state index contributed by atoms with van der Waals surface area (Å²) in [7, 11) is -3.36. The van der Waals surface area contributed by atoms with Crippen molar-refractivity contribution in [3.8, 4) is 0 Å². The van der Waals surface area contributed by atoms with Crippen molar-refractivity contribution in [1.29, 1.82) is 0 Å². The Morgan fingerprint density at radius 1 is 1.47 bits per heavy atom. The maximum absolute atomic E-state index is 12.1. The predicted octanol–water partition coefficient (Wildman–Crippen LogP) is 0.324. The van der Waals surface area contributed by atoms with E-state index in [0.717, 1.165) is 19.3 Å². The Bertz CT molecular complexity index is 380. The van der Waals surface area contributed by atoms with Gasteiger partial charge in [-0.1, -0.05) is 13.8 Å². The van der Waals surface area contributed by atoms with Gasteiger partial charge in [-0.15, -0.1) is 0 Å². The molecule has 1 heterocycles. The van der Waals surface area contributed by atoms with E-state index in [1.54, 1.807) is 0 Å². The average Bonchev–Trinajstić information content (AvgIpc) is 2.85. The Morgan fingerprint density at radius 3 is 2.65 bits per heavy atom. The topological polar surface area (TPSA) is 69.6 Å². The van der Waals surface area contributed by atoms with Crippen LogP contribution >= 0.6 is 0 Å². The Kier molecular flexibility index (Phi) is 3.51. The molecule has 100 valence electrons. The molecule has 0 aromatic heterocycles. The Morgan fingerprint density at radius 2 is 2.12 bits per heavy atom. The lowest BCUT2D eigenvalue weighted by Gasteiger charge is -2.31. The van der Waals surface area contributed by atoms with Crippen molar-refractivity contribution in [1.82, 2.24) is 9.03 Å². The number of hydrogen-bond donors (Lipinski definition) is 2. The summed E-state index contributed by atoms with van der Waals surface area (Å²) >= 11 is 0. The van der Waals surface area contributed by atoms with E-state index in [9.17, 15) is 8.42 Å². The van der Waals surface area contributed by atoms with Crippen LogP contribution in [0.5, 0.6) is 0 Å². The number of hydrogen-bond acceptors (Lipinski definition) is 3. The summed E-state index contributed by atoms with van der Waals surface area (Å²) in [5, 5.41) is 9.11. The molecule has 0 spiro atoms. The van der Waals surface area contributed by atoms with Gasteiger partial charge in [-0.3, -0.25) is 0 Å². The van der Waals surface area contributed by atoms with Crippen molar-refractivity contribution in [2.75, 3.05) is 19.7 Å². The molecule has 0 aromatic carbocycles. The minimum absolute atomic E-state index is 0.0704. The molecule has 5 nitrogen and oxygen atoms in total. The van der Waals surface area contributed by atoms with Gasteiger partial charge in [0.05, 0.1) is 0 Å². The fraction of sp³-hybridized carbons (Fsp3) is 1.00. The van der Waals surface area contributed by atoms with Crippen LogP contribution in [0.1, 0.15) is 33.1 Å². The van der Waals surface area contributed by atoms with Crippen LogP contribution in [0.2, 0.25) is 0 Å². The van der Waals surface area contributed by atoms with Crippen LogP contribution in [0.15, 0.2) is 0 Å². The van der Waals surface area contributed by atoms with Crippen LogP contribution in [0.3, 0.4) is 0 Å². The van der Waals surface area contributed by atoms with Crippen LogP contribution in [-0.2, 0) is 10.2 Å². The zero-order valence-corrected chi connectivity index (χ0v) is 11.3. The van der Waals surface area contributed by atoms with Gasteiger partial charge < -0.3 is 5.11 Å². The second-order valence-corrected chi connectivity index (χ2v) is 7.62. The van der Waals surface area contributed by atoms with Gasteiger partial charge >= 0.3 is 0 Å². The third-order valence-electron chi connectivity index (χ3n) is 3.88. The highest BCUT2D eigenvalue weighted by Gasteiger charge is 2.48. The van der Waals surface area contributed by atoms with Gasteiger partial charge in [0.15, 0.2) is 0 Å². The van der Waals surface area contributed by atoms with Crippen LogP contribution in [0, 0.1) is 11.3 Å². The highest BCUT2D eigenvalue weighted by molar-refractivity contribution is 7.87. The number of aliphatic hydroxyl groups is 1. The molecule has 0 bridgehead atoms. The summed E-state index contributed by atoms with van der Waals surface area (Å²) in [5.41, 5.74) is 0.0965. The second kappa shape index (κ2) is 4.50. The zero-order chi connectivity index (χ0) is 12.7. The molecule has 2 rings (SSSR count). The van der Waals surface area contributed by atoms with Gasteiger partial charge in [0.2, 0.25) is 0 Å². The number of piperidine rings is 1. The smallest absolute Gasteiger partial charge is 0.279 e. The third-order valence-corrected chi connectivity index (χ3v) is 5.48. The molecule has 17 heavy (non-hydrogen) atoms. The normalized spacial score (nSPS) is 33.6. The molecular weight excluding hydrogens is 240 g/mol. The predicted molar refractivity (Wildman–Crippen MR) is 65.6 cm³/mol. The first-order chi connectivity index (χ1) is 7.85. The largest absolute Gasteiger partial charge is 0.396 e. The number of aliphatic hydroxyl groups excluding tert-OH is 1. The minimum Gasteiger partial charge on any atom is -0.396 e. The SMILES string of the molecule is CC1(C)CC1NS(=O)(=O)N1CCCC(CO)C1. The highest BCUT2D eigenvalue weighted by Crippen LogP contribution is 2.45. The van der Waals surface area contributed by atoms with Crippen molar-refractivity contribution < 1.29 is 13.5 Å². The molecule has 0 amide bonds. The molecule has 1 aliphatic carbocycles. The molecule has 2 fully saturated rings. The van der Waals surface area contributed by atoms with Gasteiger partial charge in [-0.2, -0.15) is 17.4 Å². The maximum Gasteiger partial charge on any atom is 0.279 e. The van der Waals surface area contributed by atoms with E-state index in [2.05, 4.69) is 18.6 Å². The standard InChI is InChI=1S/C11H22N2O3S/c1-11(2)6-10(11)12-17(15,16)13-5-3-4-9(7-13)8-14/h9-10,12,14H,3-8H2,1-2H3. The van der Waals surface area contributed by atoms with E-state index in [1.165, 1.54) is 4.31 Å². The number of rotatable bonds is 4. The summed E-state index contributed by atoms with van der Waals surface area (Å²) in [5.74, 6) is 0.0903. The Hall–Kier alpha value is -0.170. The summed E-state index contributed by atoms with van der Waals surface area (Å²) in [4.78, 5) is 0. The maximum atomic E-state index is 12.1. The van der Waals surface area contributed by atoms with Gasteiger partial charge in [-0.05, 0) is 30.6 Å². The van der Waals surface area contributed by atoms with Crippen molar-refractivity contribution in [3.05, 3.63) is 0 Å². The van der Waals surface area contributed by atoms with Gasteiger partial charge in [0, 0.05) is 25.7 Å². The fourth-order valence-corrected chi connectivity index (χ4v) is 4.00. The first-order valence-electron chi connectivity index (χ1n) is 6.23. The van der Waals surface area contributed by atoms with Gasteiger partial charge in [0.1, 0.15) is 0 Å². The molecule has 0 aromatic rings. The summed E-state index contributed by atoms with van der Waals surface area (Å²) in [6.45, 7) is 5.21. The lowest BCUT2D eigenvalue weighted by Crippen LogP contribution is -2.47. The van der Waals surface area contributed by atoms with Crippen molar-refractivity contribution in [3.63, 3.8) is 0 Å². The molecule has 1 saturated heterocycles. The Balaban J connectivity index is 1.96. The van der Waals surface area contributed by atoms with E-state index in [1.807, 2.05) is 0 Å². The first kappa shape index (κ1) is 13.3. The lowest BCUT2D eigenvalue weighted by atomic mass is 10.0.